The Hall–Kier alpha value is -1.06. The number of rotatable bonds is 2. The van der Waals surface area contributed by atoms with Crippen LogP contribution in [0.4, 0.5) is 30.7 Å². The molecule has 0 spiro atoms. The van der Waals surface area contributed by atoms with Crippen molar-refractivity contribution < 1.29 is 35.8 Å². The summed E-state index contributed by atoms with van der Waals surface area (Å²) in [5, 5.41) is 12.8. The van der Waals surface area contributed by atoms with Gasteiger partial charge in [0.2, 0.25) is 5.72 Å². The summed E-state index contributed by atoms with van der Waals surface area (Å²) in [6, 6.07) is 0. The standard InChI is InChI=1S/C10H13F7N2O/c1-6(2,3)5-4-7(20,19-18-5)8(11,12)9(13,14)10(15,16)17/h19-20H,4H2,1-3H3. The maximum absolute atomic E-state index is 13.5. The van der Waals surface area contributed by atoms with Gasteiger partial charge in [-0.25, -0.2) is 0 Å². The van der Waals surface area contributed by atoms with Crippen LogP contribution in [0.15, 0.2) is 5.10 Å². The number of hydrogen-bond donors (Lipinski definition) is 2. The number of alkyl halides is 7. The summed E-state index contributed by atoms with van der Waals surface area (Å²) in [6.45, 7) is 4.46. The average Bonchev–Trinajstić information content (AvgIpc) is 2.60. The molecule has 10 heteroatoms. The van der Waals surface area contributed by atoms with Gasteiger partial charge in [0.05, 0.1) is 0 Å². The van der Waals surface area contributed by atoms with Crippen molar-refractivity contribution in [2.75, 3.05) is 0 Å². The lowest BCUT2D eigenvalue weighted by atomic mass is 9.83. The molecule has 0 saturated heterocycles. The van der Waals surface area contributed by atoms with Crippen LogP contribution in [0.3, 0.4) is 0 Å². The first-order chi connectivity index (χ1) is 8.56. The van der Waals surface area contributed by atoms with E-state index in [0.717, 1.165) is 0 Å². The largest absolute Gasteiger partial charge is 0.460 e. The first kappa shape index (κ1) is 17.0. The van der Waals surface area contributed by atoms with Crippen LogP contribution in [0.2, 0.25) is 0 Å². The summed E-state index contributed by atoms with van der Waals surface area (Å²) in [5.41, 5.74) is -3.49. The zero-order valence-electron chi connectivity index (χ0n) is 10.7. The molecule has 1 rings (SSSR count). The van der Waals surface area contributed by atoms with Crippen LogP contribution >= 0.6 is 0 Å². The Bertz CT molecular complexity index is 424. The Morgan fingerprint density at radius 3 is 1.80 bits per heavy atom. The third-order valence-corrected chi connectivity index (χ3v) is 2.93. The Kier molecular flexibility index (Phi) is 3.58. The molecular weight excluding hydrogens is 297 g/mol. The molecule has 0 aliphatic carbocycles. The number of hydrazone groups is 1. The normalized spacial score (nSPS) is 25.4. The second-order valence-corrected chi connectivity index (χ2v) is 5.60. The van der Waals surface area contributed by atoms with Gasteiger partial charge in [0, 0.05) is 17.5 Å². The number of halogens is 7. The van der Waals surface area contributed by atoms with E-state index >= 15 is 0 Å². The van der Waals surface area contributed by atoms with Crippen molar-refractivity contribution in [3.05, 3.63) is 0 Å². The van der Waals surface area contributed by atoms with Gasteiger partial charge < -0.3 is 5.11 Å². The summed E-state index contributed by atoms with van der Waals surface area (Å²) in [5.74, 6) is -12.2. The van der Waals surface area contributed by atoms with Crippen molar-refractivity contribution in [3.63, 3.8) is 0 Å². The number of aliphatic hydroxyl groups is 1. The lowest BCUT2D eigenvalue weighted by Gasteiger charge is -2.37. The highest BCUT2D eigenvalue weighted by Crippen LogP contribution is 2.52. The molecule has 1 heterocycles. The third kappa shape index (κ3) is 2.33. The summed E-state index contributed by atoms with van der Waals surface area (Å²) in [7, 11) is 0. The topological polar surface area (TPSA) is 44.6 Å². The molecular formula is C10H13F7N2O. The van der Waals surface area contributed by atoms with Crippen LogP contribution in [0.25, 0.3) is 0 Å². The lowest BCUT2D eigenvalue weighted by molar-refractivity contribution is -0.390. The first-order valence-electron chi connectivity index (χ1n) is 5.45. The smallest absolute Gasteiger partial charge is 0.364 e. The SMILES string of the molecule is CC(C)(C)C1=NNC(O)(C(F)(F)C(F)(F)C(F)(F)F)C1. The number of nitrogens with zero attached hydrogens (tertiary/aromatic N) is 1. The van der Waals surface area contributed by atoms with Gasteiger partial charge in [0.15, 0.2) is 0 Å². The van der Waals surface area contributed by atoms with E-state index in [0.29, 0.717) is 0 Å². The maximum Gasteiger partial charge on any atom is 0.460 e. The van der Waals surface area contributed by atoms with E-state index in [2.05, 4.69) is 5.10 Å². The van der Waals surface area contributed by atoms with Gasteiger partial charge in [-0.05, 0) is 0 Å². The fourth-order valence-electron chi connectivity index (χ4n) is 1.53. The number of hydrogen-bond acceptors (Lipinski definition) is 3. The molecule has 0 amide bonds. The Morgan fingerprint density at radius 1 is 1.05 bits per heavy atom. The van der Waals surface area contributed by atoms with Gasteiger partial charge in [0.1, 0.15) is 0 Å². The van der Waals surface area contributed by atoms with Gasteiger partial charge in [-0.15, -0.1) is 0 Å². The quantitative estimate of drug-likeness (QED) is 0.770. The Labute approximate surface area is 109 Å². The molecule has 0 saturated carbocycles. The van der Waals surface area contributed by atoms with Gasteiger partial charge in [-0.2, -0.15) is 35.8 Å². The zero-order valence-corrected chi connectivity index (χ0v) is 10.7. The molecule has 1 unspecified atom stereocenters. The molecule has 0 fully saturated rings. The molecule has 3 nitrogen and oxygen atoms in total. The van der Waals surface area contributed by atoms with Crippen LogP contribution in [0.5, 0.6) is 0 Å². The molecule has 1 atom stereocenters. The zero-order chi connectivity index (χ0) is 16.2. The van der Waals surface area contributed by atoms with Gasteiger partial charge >= 0.3 is 18.0 Å². The van der Waals surface area contributed by atoms with E-state index in [4.69, 9.17) is 0 Å². The molecule has 118 valence electrons. The van der Waals surface area contributed by atoms with E-state index in [1.165, 1.54) is 26.2 Å². The van der Waals surface area contributed by atoms with Crippen molar-refractivity contribution in [1.29, 1.82) is 0 Å². The van der Waals surface area contributed by atoms with Crippen molar-refractivity contribution in [2.24, 2.45) is 10.5 Å². The molecule has 1 aliphatic heterocycles. The molecule has 0 aromatic rings. The van der Waals surface area contributed by atoms with Gasteiger partial charge in [-0.1, -0.05) is 20.8 Å². The third-order valence-electron chi connectivity index (χ3n) is 2.93. The van der Waals surface area contributed by atoms with Crippen molar-refractivity contribution in [3.8, 4) is 0 Å². The second-order valence-electron chi connectivity index (χ2n) is 5.60. The minimum Gasteiger partial charge on any atom is -0.364 e. The molecule has 2 N–H and O–H groups in total. The predicted octanol–water partition coefficient (Wildman–Crippen LogP) is 2.90. The summed E-state index contributed by atoms with van der Waals surface area (Å²) < 4.78 is 89.0. The Morgan fingerprint density at radius 2 is 1.50 bits per heavy atom. The highest BCUT2D eigenvalue weighted by Gasteiger charge is 2.80. The molecule has 0 aromatic carbocycles. The first-order valence-corrected chi connectivity index (χ1v) is 5.45. The van der Waals surface area contributed by atoms with Crippen LogP contribution < -0.4 is 5.43 Å². The molecule has 0 radical (unpaired) electrons. The van der Waals surface area contributed by atoms with Crippen LogP contribution in [-0.2, 0) is 0 Å². The monoisotopic (exact) mass is 310 g/mol. The van der Waals surface area contributed by atoms with Crippen LogP contribution in [0.1, 0.15) is 27.2 Å². The van der Waals surface area contributed by atoms with E-state index in [9.17, 15) is 35.8 Å². The van der Waals surface area contributed by atoms with E-state index in [1.807, 2.05) is 0 Å². The van der Waals surface area contributed by atoms with Gasteiger partial charge in [0.25, 0.3) is 0 Å². The van der Waals surface area contributed by atoms with Crippen molar-refractivity contribution in [1.82, 2.24) is 5.43 Å². The molecule has 20 heavy (non-hydrogen) atoms. The Balaban J connectivity index is 3.13. The van der Waals surface area contributed by atoms with Crippen molar-refractivity contribution >= 4 is 5.71 Å². The van der Waals surface area contributed by atoms with E-state index in [1.54, 1.807) is 0 Å². The summed E-state index contributed by atoms with van der Waals surface area (Å²) in [6.07, 6.45) is -7.65. The van der Waals surface area contributed by atoms with E-state index < -0.39 is 35.6 Å². The lowest BCUT2D eigenvalue weighted by Crippen LogP contribution is -2.67. The highest BCUT2D eigenvalue weighted by molar-refractivity contribution is 5.91. The molecule has 0 bridgehead atoms. The van der Waals surface area contributed by atoms with E-state index in [-0.39, 0.29) is 5.71 Å². The van der Waals surface area contributed by atoms with Crippen molar-refractivity contribution in [2.45, 2.75) is 50.9 Å². The maximum atomic E-state index is 13.5. The van der Waals surface area contributed by atoms with Crippen LogP contribution in [0, 0.1) is 5.41 Å². The van der Waals surface area contributed by atoms with Gasteiger partial charge in [-0.3, -0.25) is 5.43 Å². The number of nitrogens with one attached hydrogen (secondary N) is 1. The molecule has 0 aromatic heterocycles. The minimum absolute atomic E-state index is 0.141. The minimum atomic E-state index is -6.50. The second kappa shape index (κ2) is 4.22. The van der Waals surface area contributed by atoms with Crippen LogP contribution in [-0.4, -0.2) is 34.6 Å². The average molecular weight is 310 g/mol. The fourth-order valence-corrected chi connectivity index (χ4v) is 1.53. The fraction of sp³-hybridized carbons (Fsp3) is 0.900. The predicted molar refractivity (Wildman–Crippen MR) is 55.5 cm³/mol. The highest BCUT2D eigenvalue weighted by atomic mass is 19.4. The molecule has 1 aliphatic rings. The summed E-state index contributed by atoms with van der Waals surface area (Å²) in [4.78, 5) is 0. The summed E-state index contributed by atoms with van der Waals surface area (Å²) >= 11 is 0.